The number of carbonyl (C=O) groups is 1. The summed E-state index contributed by atoms with van der Waals surface area (Å²) < 4.78 is 1.49. The number of halogens is 1. The number of carbonyl (C=O) groups excluding carboxylic acids is 1. The van der Waals surface area contributed by atoms with Crippen LogP contribution in [0.2, 0.25) is 0 Å². The molecule has 0 saturated heterocycles. The number of aromatic nitrogens is 2. The zero-order valence-corrected chi connectivity index (χ0v) is 14.3. The van der Waals surface area contributed by atoms with Crippen LogP contribution in [0.3, 0.4) is 0 Å². The lowest BCUT2D eigenvalue weighted by molar-refractivity contribution is -0.121. The van der Waals surface area contributed by atoms with Gasteiger partial charge in [0.05, 0.1) is 17.2 Å². The largest absolute Gasteiger partial charge is 0.356 e. The summed E-state index contributed by atoms with van der Waals surface area (Å²) in [7, 11) is 1.88. The van der Waals surface area contributed by atoms with Gasteiger partial charge in [-0.15, -0.1) is 12.4 Å². The molecule has 0 bridgehead atoms. The molecule has 0 atom stereocenters. The van der Waals surface area contributed by atoms with Crippen molar-refractivity contribution in [1.82, 2.24) is 20.2 Å². The van der Waals surface area contributed by atoms with Gasteiger partial charge in [-0.25, -0.2) is 4.98 Å². The number of nitrogens with zero attached hydrogens (tertiary/aromatic N) is 2. The first-order valence-corrected chi connectivity index (χ1v) is 7.49. The number of fused-ring (bicyclic) bond motifs is 1. The summed E-state index contributed by atoms with van der Waals surface area (Å²) >= 11 is 0. The minimum atomic E-state index is -0.100. The highest BCUT2D eigenvalue weighted by Gasteiger charge is 2.07. The average molecular weight is 339 g/mol. The van der Waals surface area contributed by atoms with E-state index in [1.54, 1.807) is 6.07 Å². The Hall–Kier alpha value is -1.92. The molecule has 0 radical (unpaired) electrons. The van der Waals surface area contributed by atoms with Gasteiger partial charge in [0.2, 0.25) is 5.91 Å². The van der Waals surface area contributed by atoms with E-state index in [-0.39, 0.29) is 30.3 Å². The van der Waals surface area contributed by atoms with E-state index in [2.05, 4.69) is 15.6 Å². The molecule has 126 valence electrons. The average Bonchev–Trinajstić information content (AvgIpc) is 2.52. The van der Waals surface area contributed by atoms with Crippen LogP contribution in [-0.4, -0.2) is 35.6 Å². The van der Waals surface area contributed by atoms with Gasteiger partial charge in [0.15, 0.2) is 0 Å². The molecule has 0 unspecified atom stereocenters. The quantitative estimate of drug-likeness (QED) is 0.745. The molecule has 0 aliphatic rings. The molecule has 6 nitrogen and oxygen atoms in total. The second-order valence-corrected chi connectivity index (χ2v) is 5.27. The Balaban J connectivity index is 0.00000264. The van der Waals surface area contributed by atoms with E-state index < -0.39 is 0 Å². The van der Waals surface area contributed by atoms with Gasteiger partial charge in [-0.2, -0.15) is 0 Å². The molecule has 1 aromatic carbocycles. The van der Waals surface area contributed by atoms with Gasteiger partial charge in [0.1, 0.15) is 0 Å². The highest BCUT2D eigenvalue weighted by Crippen LogP contribution is 2.11. The number of hydrogen-bond acceptors (Lipinski definition) is 4. The van der Waals surface area contributed by atoms with Gasteiger partial charge >= 0.3 is 0 Å². The molecule has 7 heteroatoms. The van der Waals surface area contributed by atoms with Crippen LogP contribution in [0, 0.1) is 6.92 Å². The Morgan fingerprint density at radius 1 is 1.30 bits per heavy atom. The number of amides is 1. The van der Waals surface area contributed by atoms with Crippen LogP contribution in [0.25, 0.3) is 10.9 Å². The van der Waals surface area contributed by atoms with Crippen molar-refractivity contribution in [3.8, 4) is 0 Å². The van der Waals surface area contributed by atoms with E-state index in [0.717, 1.165) is 24.0 Å². The second-order valence-electron chi connectivity index (χ2n) is 5.27. The minimum Gasteiger partial charge on any atom is -0.356 e. The van der Waals surface area contributed by atoms with Crippen molar-refractivity contribution in [2.24, 2.45) is 0 Å². The summed E-state index contributed by atoms with van der Waals surface area (Å²) in [6, 6.07) is 5.54. The third kappa shape index (κ3) is 5.04. The Labute approximate surface area is 141 Å². The fraction of sp³-hybridized carbons (Fsp3) is 0.438. The van der Waals surface area contributed by atoms with E-state index in [1.807, 2.05) is 26.1 Å². The molecule has 2 N–H and O–H groups in total. The van der Waals surface area contributed by atoms with Crippen molar-refractivity contribution in [3.63, 3.8) is 0 Å². The van der Waals surface area contributed by atoms with Crippen molar-refractivity contribution in [2.45, 2.75) is 26.3 Å². The number of nitrogens with one attached hydrogen (secondary N) is 2. The summed E-state index contributed by atoms with van der Waals surface area (Å²) in [6.07, 6.45) is 2.68. The lowest BCUT2D eigenvalue weighted by atomic mass is 10.1. The number of para-hydroxylation sites is 1. The molecular formula is C16H23ClN4O2. The standard InChI is InChI=1S/C16H22N4O2.ClH/c1-12-5-3-6-13-15(12)19-11-20(16(13)22)10-7-14(21)18-9-4-8-17-2;/h3,5-6,11,17H,4,7-10H2,1-2H3,(H,18,21);1H. The molecule has 2 rings (SSSR count). The fourth-order valence-corrected chi connectivity index (χ4v) is 2.30. The zero-order chi connectivity index (χ0) is 15.9. The molecular weight excluding hydrogens is 316 g/mol. The normalized spacial score (nSPS) is 10.3. The third-order valence-corrected chi connectivity index (χ3v) is 3.56. The van der Waals surface area contributed by atoms with E-state index >= 15 is 0 Å². The van der Waals surface area contributed by atoms with Crippen molar-refractivity contribution in [1.29, 1.82) is 0 Å². The Morgan fingerprint density at radius 3 is 2.83 bits per heavy atom. The number of aryl methyl sites for hydroxylation is 2. The molecule has 23 heavy (non-hydrogen) atoms. The molecule has 0 spiro atoms. The predicted molar refractivity (Wildman–Crippen MR) is 94.2 cm³/mol. The van der Waals surface area contributed by atoms with Crippen molar-refractivity contribution < 1.29 is 4.79 Å². The minimum absolute atomic E-state index is 0. The summed E-state index contributed by atoms with van der Waals surface area (Å²) in [5, 5.41) is 6.46. The van der Waals surface area contributed by atoms with Gasteiger partial charge in [0, 0.05) is 19.5 Å². The van der Waals surface area contributed by atoms with Crippen molar-refractivity contribution in [3.05, 3.63) is 40.4 Å². The summed E-state index contributed by atoms with van der Waals surface area (Å²) in [6.45, 7) is 3.78. The Kier molecular flexibility index (Phi) is 7.71. The molecule has 1 aromatic heterocycles. The fourth-order valence-electron chi connectivity index (χ4n) is 2.30. The second kappa shape index (κ2) is 9.27. The molecule has 0 aliphatic carbocycles. The predicted octanol–water partition coefficient (Wildman–Crippen LogP) is 1.24. The third-order valence-electron chi connectivity index (χ3n) is 3.56. The zero-order valence-electron chi connectivity index (χ0n) is 13.5. The summed E-state index contributed by atoms with van der Waals surface area (Å²) in [4.78, 5) is 28.4. The molecule has 1 amide bonds. The Morgan fingerprint density at radius 2 is 2.09 bits per heavy atom. The number of hydrogen-bond donors (Lipinski definition) is 2. The first kappa shape index (κ1) is 19.1. The van der Waals surface area contributed by atoms with E-state index in [4.69, 9.17) is 0 Å². The van der Waals surface area contributed by atoms with Gasteiger partial charge in [0.25, 0.3) is 5.56 Å². The van der Waals surface area contributed by atoms with E-state index in [9.17, 15) is 9.59 Å². The SMILES string of the molecule is CNCCCNC(=O)CCn1cnc2c(C)cccc2c1=O.Cl. The van der Waals surface area contributed by atoms with Gasteiger partial charge < -0.3 is 10.6 Å². The van der Waals surface area contributed by atoms with Gasteiger partial charge in [-0.1, -0.05) is 12.1 Å². The lowest BCUT2D eigenvalue weighted by Gasteiger charge is -2.08. The topological polar surface area (TPSA) is 76.0 Å². The molecule has 1 heterocycles. The van der Waals surface area contributed by atoms with Gasteiger partial charge in [-0.05, 0) is 38.6 Å². The highest BCUT2D eigenvalue weighted by molar-refractivity contribution is 5.85. The van der Waals surface area contributed by atoms with Crippen molar-refractivity contribution >= 4 is 29.2 Å². The maximum Gasteiger partial charge on any atom is 0.261 e. The van der Waals surface area contributed by atoms with Crippen molar-refractivity contribution in [2.75, 3.05) is 20.1 Å². The maximum atomic E-state index is 12.4. The first-order valence-electron chi connectivity index (χ1n) is 7.49. The van der Waals surface area contributed by atoms with Crippen LogP contribution < -0.4 is 16.2 Å². The van der Waals surface area contributed by atoms with Crippen LogP contribution in [0.4, 0.5) is 0 Å². The summed E-state index contributed by atoms with van der Waals surface area (Å²) in [5.74, 6) is -0.0488. The van der Waals surface area contributed by atoms with E-state index in [1.165, 1.54) is 10.9 Å². The molecule has 0 aliphatic heterocycles. The van der Waals surface area contributed by atoms with Crippen LogP contribution in [0.1, 0.15) is 18.4 Å². The van der Waals surface area contributed by atoms with Crippen LogP contribution in [0.5, 0.6) is 0 Å². The first-order chi connectivity index (χ1) is 10.6. The Bertz CT molecular complexity index is 715. The van der Waals surface area contributed by atoms with Crippen LogP contribution in [-0.2, 0) is 11.3 Å². The monoisotopic (exact) mass is 338 g/mol. The van der Waals surface area contributed by atoms with Crippen LogP contribution in [0.15, 0.2) is 29.3 Å². The molecule has 0 saturated carbocycles. The molecule has 2 aromatic rings. The lowest BCUT2D eigenvalue weighted by Crippen LogP contribution is -2.29. The smallest absolute Gasteiger partial charge is 0.261 e. The number of rotatable bonds is 7. The highest BCUT2D eigenvalue weighted by atomic mass is 35.5. The van der Waals surface area contributed by atoms with Crippen LogP contribution >= 0.6 is 12.4 Å². The molecule has 0 fully saturated rings. The maximum absolute atomic E-state index is 12.4. The van der Waals surface area contributed by atoms with E-state index in [0.29, 0.717) is 18.5 Å². The number of benzene rings is 1. The van der Waals surface area contributed by atoms with Gasteiger partial charge in [-0.3, -0.25) is 14.2 Å². The summed E-state index contributed by atoms with van der Waals surface area (Å²) in [5.41, 5.74) is 1.60.